The van der Waals surface area contributed by atoms with Gasteiger partial charge in [-0.3, -0.25) is 25.2 Å². The number of H-pyrrole nitrogens is 4. The molecule has 0 aliphatic heterocycles. The Kier molecular flexibility index (Phi) is 28.7. The van der Waals surface area contributed by atoms with Crippen molar-refractivity contribution in [2.75, 3.05) is 34.3 Å². The van der Waals surface area contributed by atoms with Crippen molar-refractivity contribution in [3.8, 4) is 0 Å². The fraction of sp³-hybridized carbons (Fsp3) is 0.234. The van der Waals surface area contributed by atoms with Crippen LogP contribution in [0.5, 0.6) is 0 Å². The molecule has 0 amide bonds. The lowest BCUT2D eigenvalue weighted by Crippen LogP contribution is -2.18. The second-order valence-corrected chi connectivity index (χ2v) is 21.3. The molecule has 4 aromatic heterocycles. The summed E-state index contributed by atoms with van der Waals surface area (Å²) in [5.74, 6) is -0.718. The van der Waals surface area contributed by atoms with Crippen molar-refractivity contribution in [2.45, 2.75) is 89.0 Å². The molecule has 0 radical (unpaired) electrons. The van der Waals surface area contributed by atoms with Crippen LogP contribution < -0.4 is 16.3 Å². The Balaban J connectivity index is 0.000000224. The highest BCUT2D eigenvalue weighted by Gasteiger charge is 2.21. The number of hydrogen-bond acceptors (Lipinski definition) is 13. The number of carbonyl (C=O) groups excluding carboxylic acids is 3. The Hall–Kier alpha value is -10.6. The minimum absolute atomic E-state index is 0. The second kappa shape index (κ2) is 36.5. The van der Waals surface area contributed by atoms with Gasteiger partial charge in [0.1, 0.15) is 0 Å². The van der Waals surface area contributed by atoms with Gasteiger partial charge in [0, 0.05) is 82.4 Å². The van der Waals surface area contributed by atoms with E-state index in [-0.39, 0.29) is 54.0 Å². The van der Waals surface area contributed by atoms with Gasteiger partial charge in [-0.2, -0.15) is 31.4 Å². The molecule has 12 rings (SSSR count). The van der Waals surface area contributed by atoms with E-state index in [0.717, 1.165) is 118 Å². The number of fused-ring (bicyclic) bond motifs is 4. The highest BCUT2D eigenvalue weighted by molar-refractivity contribution is 5.99. The highest BCUT2D eigenvalue weighted by atomic mass is 16.7. The number of hydroxylamine groups is 2. The summed E-state index contributed by atoms with van der Waals surface area (Å²) in [7, 11) is 5.14. The zero-order valence-electron chi connectivity index (χ0n) is 51.9. The van der Waals surface area contributed by atoms with Crippen molar-refractivity contribution in [1.82, 2.24) is 57.1 Å². The van der Waals surface area contributed by atoms with Crippen LogP contribution in [0.3, 0.4) is 0 Å². The first-order chi connectivity index (χ1) is 43.8. The van der Waals surface area contributed by atoms with Crippen molar-refractivity contribution in [3.05, 3.63) is 274 Å². The van der Waals surface area contributed by atoms with Crippen LogP contribution in [0.4, 0.5) is 0 Å². The lowest BCUT2D eigenvalue weighted by molar-refractivity contribution is -0.150. The van der Waals surface area contributed by atoms with E-state index in [2.05, 4.69) is 119 Å². The monoisotopic (exact) mass is 1270 g/mol. The van der Waals surface area contributed by atoms with Crippen LogP contribution in [0.25, 0.3) is 54.8 Å². The number of rotatable bonds is 18. The number of nitrogens with zero attached hydrogens (tertiary/aromatic N) is 4. The first kappa shape index (κ1) is 74.1. The molecule has 0 saturated heterocycles. The van der Waals surface area contributed by atoms with Gasteiger partial charge in [0.15, 0.2) is 0 Å². The number of carbonyl (C=O) groups is 3. The molecule has 12 aromatic rings. The first-order valence-corrected chi connectivity index (χ1v) is 29.8. The van der Waals surface area contributed by atoms with Gasteiger partial charge >= 0.3 is 17.9 Å². The number of esters is 1. The summed E-state index contributed by atoms with van der Waals surface area (Å²) < 4.78 is 5.08. The number of hydrogen-bond donors (Lipinski definition) is 7. The van der Waals surface area contributed by atoms with Crippen LogP contribution in [0, 0.1) is 27.7 Å². The summed E-state index contributed by atoms with van der Waals surface area (Å²) in [5, 5.41) is 36.7. The Labute approximate surface area is 552 Å². The topological polar surface area (TPSA) is 230 Å². The van der Waals surface area contributed by atoms with Gasteiger partial charge in [-0.15, -0.1) is 0 Å². The Morgan fingerprint density at radius 2 is 0.787 bits per heavy atom. The molecule has 0 spiro atoms. The van der Waals surface area contributed by atoms with Gasteiger partial charge in [-0.1, -0.05) is 175 Å². The largest absolute Gasteiger partial charge is 0.463 e. The van der Waals surface area contributed by atoms with E-state index in [1.807, 2.05) is 167 Å². The molecule has 17 heteroatoms. The number of aryl methyl sites for hydroxylation is 4. The Morgan fingerprint density at radius 1 is 0.426 bits per heavy atom. The normalized spacial score (nSPS) is 11.5. The fourth-order valence-corrected chi connectivity index (χ4v) is 10.7. The molecule has 94 heavy (non-hydrogen) atoms. The lowest BCUT2D eigenvalue weighted by atomic mass is 9.88. The molecule has 490 valence electrons. The second-order valence-electron chi connectivity index (χ2n) is 21.3. The van der Waals surface area contributed by atoms with Crippen molar-refractivity contribution < 1.29 is 28.8 Å². The van der Waals surface area contributed by atoms with E-state index in [4.69, 9.17) is 14.4 Å². The van der Waals surface area contributed by atoms with E-state index in [1.54, 1.807) is 27.1 Å². The SMILES string of the molecule is C.C.C.C.CCOC(=O)/C=C(/c1ccccc1)c1ccc2n[nH]c(C)c2c1.CNCCC(c1ccccc1)c1ccc2n[nH]c(C)c2c1.CNOC(=O)/C=C(/c1ccccc1)c1ccc2n[nH]c(C)c2c1.CNOC(=O)CC(c1ccccc1)c1ccc2n[nH]c(C)c2c1. The van der Waals surface area contributed by atoms with Crippen molar-refractivity contribution in [1.29, 1.82) is 0 Å². The molecule has 4 heterocycles. The zero-order valence-corrected chi connectivity index (χ0v) is 51.9. The van der Waals surface area contributed by atoms with E-state index >= 15 is 0 Å². The summed E-state index contributed by atoms with van der Waals surface area (Å²) in [6, 6.07) is 64.9. The molecule has 17 nitrogen and oxygen atoms in total. The van der Waals surface area contributed by atoms with Gasteiger partial charge in [0.2, 0.25) is 0 Å². The zero-order chi connectivity index (χ0) is 63.4. The number of benzene rings is 8. The van der Waals surface area contributed by atoms with Crippen molar-refractivity contribution in [3.63, 3.8) is 0 Å². The van der Waals surface area contributed by atoms with E-state index in [0.29, 0.717) is 12.5 Å². The molecule has 7 N–H and O–H groups in total. The van der Waals surface area contributed by atoms with Gasteiger partial charge in [-0.05, 0) is 159 Å². The van der Waals surface area contributed by atoms with E-state index in [9.17, 15) is 14.4 Å². The lowest BCUT2D eigenvalue weighted by Gasteiger charge is -2.18. The minimum atomic E-state index is -0.449. The van der Waals surface area contributed by atoms with Crippen LogP contribution in [-0.2, 0) is 28.8 Å². The highest BCUT2D eigenvalue weighted by Crippen LogP contribution is 2.34. The summed E-state index contributed by atoms with van der Waals surface area (Å²) in [6.07, 6.45) is 4.40. The average molecular weight is 1270 g/mol. The molecule has 8 aromatic carbocycles. The quantitative estimate of drug-likeness (QED) is 0.0184. The van der Waals surface area contributed by atoms with Gasteiger partial charge < -0.3 is 19.7 Å². The molecule has 0 aliphatic carbocycles. The number of aromatic amines is 4. The summed E-state index contributed by atoms with van der Waals surface area (Å²) in [6.45, 7) is 11.2. The summed E-state index contributed by atoms with van der Waals surface area (Å²) >= 11 is 0. The molecule has 2 unspecified atom stereocenters. The Bertz CT molecular complexity index is 4240. The van der Waals surface area contributed by atoms with Gasteiger partial charge in [0.25, 0.3) is 0 Å². The summed E-state index contributed by atoms with van der Waals surface area (Å²) in [5.41, 5.74) is 23.1. The van der Waals surface area contributed by atoms with Crippen LogP contribution >= 0.6 is 0 Å². The number of aromatic nitrogens is 8. The van der Waals surface area contributed by atoms with Crippen LogP contribution in [0.15, 0.2) is 206 Å². The third kappa shape index (κ3) is 19.0. The maximum Gasteiger partial charge on any atom is 0.350 e. The maximum absolute atomic E-state index is 12.0. The molecule has 0 aliphatic rings. The first-order valence-electron chi connectivity index (χ1n) is 29.8. The van der Waals surface area contributed by atoms with Crippen LogP contribution in [-0.4, -0.2) is 93.0 Å². The van der Waals surface area contributed by atoms with Crippen LogP contribution in [0.1, 0.15) is 129 Å². The minimum Gasteiger partial charge on any atom is -0.463 e. The molecular weight excluding hydrogens is 1170 g/mol. The Morgan fingerprint density at radius 3 is 1.18 bits per heavy atom. The molecule has 2 atom stereocenters. The summed E-state index contributed by atoms with van der Waals surface area (Å²) in [4.78, 5) is 45.6. The third-order valence-corrected chi connectivity index (χ3v) is 15.3. The maximum atomic E-state index is 12.0. The van der Waals surface area contributed by atoms with Gasteiger partial charge in [0.05, 0.1) is 35.1 Å². The van der Waals surface area contributed by atoms with Gasteiger partial charge in [-0.25, -0.2) is 9.59 Å². The fourth-order valence-electron chi connectivity index (χ4n) is 10.7. The van der Waals surface area contributed by atoms with Crippen molar-refractivity contribution >= 4 is 72.7 Å². The number of nitrogens with one attached hydrogen (secondary N) is 7. The predicted molar refractivity (Wildman–Crippen MR) is 384 cm³/mol. The molecular formula is C77H91N11O6. The average Bonchev–Trinajstić information content (AvgIpc) is 1.57. The van der Waals surface area contributed by atoms with E-state index in [1.165, 1.54) is 22.6 Å². The van der Waals surface area contributed by atoms with Crippen molar-refractivity contribution in [2.24, 2.45) is 0 Å². The molecule has 0 fully saturated rings. The molecule has 0 saturated carbocycles. The number of ether oxygens (including phenoxy) is 1. The smallest absolute Gasteiger partial charge is 0.350 e. The third-order valence-electron chi connectivity index (χ3n) is 15.3. The standard InChI is InChI=1S/C19H18N2O2.C18H19N3O2.C18H17N3O2.C18H21N3.4CH4/c1-3-23-19(22)12-17(14-7-5-4-6-8-14)15-9-10-18-16(11-15)13(2)20-21-18;2*1-12-15-10-14(8-9-17(15)21-20-12)16(11-18(22)23-19-2)13-6-4-3-5-7-13;1-13-17-12-15(8-9-18(17)21-20-13)16(10-11-19-2)14-6-4-3-5-7-14;;;;/h4-12H,3H2,1-2H3,(H,20,21);3-10,16,19H,11H2,1-2H3,(H,20,21);3-11,19H,1-2H3,(H,20,21);3-9,12,16,19H,10-11H2,1-2H3,(H,20,21);4*1H4/b17-12-;;16-11-;;;;;. The molecule has 0 bridgehead atoms. The van der Waals surface area contributed by atoms with Crippen LogP contribution in [0.2, 0.25) is 0 Å². The predicted octanol–water partition coefficient (Wildman–Crippen LogP) is 16.1. The van der Waals surface area contributed by atoms with E-state index < -0.39 is 5.97 Å².